The number of nitrogens with one attached hydrogen (secondary N) is 1. The molecule has 9 nitrogen and oxygen atoms in total. The molecule has 0 bridgehead atoms. The molecule has 1 aromatic heterocycles. The third kappa shape index (κ3) is 3.73. The van der Waals surface area contributed by atoms with Gasteiger partial charge in [-0.1, -0.05) is 0 Å². The van der Waals surface area contributed by atoms with E-state index in [1.807, 2.05) is 11.0 Å². The molecule has 1 aliphatic heterocycles. The molecule has 0 aliphatic carbocycles. The van der Waals surface area contributed by atoms with E-state index in [9.17, 15) is 5.11 Å². The van der Waals surface area contributed by atoms with E-state index >= 15 is 0 Å². The van der Waals surface area contributed by atoms with Crippen LogP contribution in [0.3, 0.4) is 0 Å². The van der Waals surface area contributed by atoms with E-state index in [4.69, 9.17) is 14.2 Å². The summed E-state index contributed by atoms with van der Waals surface area (Å²) in [4.78, 5) is 15.2. The molecule has 0 radical (unpaired) electrons. The molecular weight excluding hydrogens is 386 g/mol. The molecule has 0 fully saturated rings. The molecule has 0 amide bonds. The summed E-state index contributed by atoms with van der Waals surface area (Å²) in [5, 5.41) is 12.9. The first-order chi connectivity index (χ1) is 14.6. The van der Waals surface area contributed by atoms with Gasteiger partial charge in [0.1, 0.15) is 12.1 Å². The Morgan fingerprint density at radius 2 is 1.77 bits per heavy atom. The van der Waals surface area contributed by atoms with Crippen molar-refractivity contribution in [3.63, 3.8) is 0 Å². The summed E-state index contributed by atoms with van der Waals surface area (Å²) in [5.74, 6) is 2.75. The molecular formula is C21H23N5O4. The third-order valence-electron chi connectivity index (χ3n) is 4.90. The number of hydrogen-bond acceptors (Lipinski definition) is 9. The zero-order chi connectivity index (χ0) is 21.1. The number of aromatic nitrogens is 3. The minimum Gasteiger partial charge on any atom is -0.508 e. The molecule has 30 heavy (non-hydrogen) atoms. The number of fused-ring (bicyclic) bond motifs is 1. The van der Waals surface area contributed by atoms with Crippen LogP contribution in [0.4, 0.5) is 23.3 Å². The number of aryl methyl sites for hydroxylation is 1. The Balaban J connectivity index is 1.64. The Hall–Kier alpha value is -3.75. The SMILES string of the molecule is COc1cc(Nc2ncnc(N3CCCc4cc(O)ccc43)n2)cc(OC)c1OC. The van der Waals surface area contributed by atoms with Gasteiger partial charge in [-0.15, -0.1) is 0 Å². The van der Waals surface area contributed by atoms with Gasteiger partial charge < -0.3 is 29.5 Å². The molecule has 0 spiro atoms. The first-order valence-electron chi connectivity index (χ1n) is 9.48. The van der Waals surface area contributed by atoms with Crippen LogP contribution < -0.4 is 24.4 Å². The first kappa shape index (κ1) is 19.6. The van der Waals surface area contributed by atoms with E-state index in [2.05, 4.69) is 20.3 Å². The molecule has 0 saturated carbocycles. The predicted octanol–water partition coefficient (Wildman–Crippen LogP) is 3.43. The van der Waals surface area contributed by atoms with Crippen LogP contribution in [-0.4, -0.2) is 47.9 Å². The minimum atomic E-state index is 0.260. The summed E-state index contributed by atoms with van der Waals surface area (Å²) in [7, 11) is 4.68. The second kappa shape index (κ2) is 8.32. The van der Waals surface area contributed by atoms with Crippen molar-refractivity contribution in [3.05, 3.63) is 42.2 Å². The Bertz CT molecular complexity index is 1030. The molecule has 9 heteroatoms. The monoisotopic (exact) mass is 409 g/mol. The fraction of sp³-hybridized carbons (Fsp3) is 0.286. The molecule has 0 unspecified atom stereocenters. The Kier molecular flexibility index (Phi) is 5.42. The van der Waals surface area contributed by atoms with Crippen molar-refractivity contribution < 1.29 is 19.3 Å². The lowest BCUT2D eigenvalue weighted by Crippen LogP contribution is -2.26. The Morgan fingerprint density at radius 1 is 1.00 bits per heavy atom. The maximum atomic E-state index is 9.78. The fourth-order valence-corrected chi connectivity index (χ4v) is 3.55. The normalized spacial score (nSPS) is 12.8. The van der Waals surface area contributed by atoms with Crippen LogP contribution in [0.25, 0.3) is 0 Å². The number of ether oxygens (including phenoxy) is 3. The average molecular weight is 409 g/mol. The lowest BCUT2D eigenvalue weighted by Gasteiger charge is -2.29. The van der Waals surface area contributed by atoms with Crippen molar-refractivity contribution in [2.45, 2.75) is 12.8 Å². The van der Waals surface area contributed by atoms with Crippen molar-refractivity contribution in [2.75, 3.05) is 38.1 Å². The van der Waals surface area contributed by atoms with E-state index in [1.54, 1.807) is 45.6 Å². The second-order valence-electron chi connectivity index (χ2n) is 6.72. The molecule has 0 saturated heterocycles. The van der Waals surface area contributed by atoms with Crippen molar-refractivity contribution in [3.8, 4) is 23.0 Å². The zero-order valence-corrected chi connectivity index (χ0v) is 17.0. The van der Waals surface area contributed by atoms with Crippen LogP contribution in [-0.2, 0) is 6.42 Å². The average Bonchev–Trinajstić information content (AvgIpc) is 2.77. The van der Waals surface area contributed by atoms with Gasteiger partial charge in [-0.2, -0.15) is 4.98 Å². The molecule has 3 aromatic rings. The third-order valence-corrected chi connectivity index (χ3v) is 4.90. The van der Waals surface area contributed by atoms with Gasteiger partial charge in [0.05, 0.1) is 21.3 Å². The summed E-state index contributed by atoms with van der Waals surface area (Å²) in [5.41, 5.74) is 2.75. The number of phenols is 1. The molecule has 0 atom stereocenters. The summed E-state index contributed by atoms with van der Waals surface area (Å²) in [6.45, 7) is 0.783. The topological polar surface area (TPSA) is 102 Å². The van der Waals surface area contributed by atoms with Gasteiger partial charge in [0.15, 0.2) is 11.5 Å². The molecule has 156 valence electrons. The van der Waals surface area contributed by atoms with Gasteiger partial charge in [0.2, 0.25) is 17.6 Å². The number of methoxy groups -OCH3 is 3. The van der Waals surface area contributed by atoms with Crippen LogP contribution >= 0.6 is 0 Å². The summed E-state index contributed by atoms with van der Waals surface area (Å²) >= 11 is 0. The van der Waals surface area contributed by atoms with E-state index in [0.29, 0.717) is 34.8 Å². The number of benzene rings is 2. The fourth-order valence-electron chi connectivity index (χ4n) is 3.55. The zero-order valence-electron chi connectivity index (χ0n) is 17.0. The van der Waals surface area contributed by atoms with E-state index < -0.39 is 0 Å². The lowest BCUT2D eigenvalue weighted by molar-refractivity contribution is 0.324. The highest BCUT2D eigenvalue weighted by Crippen LogP contribution is 2.40. The van der Waals surface area contributed by atoms with Crippen molar-refractivity contribution in [1.82, 2.24) is 15.0 Å². The van der Waals surface area contributed by atoms with Gasteiger partial charge in [-0.25, -0.2) is 9.97 Å². The summed E-state index contributed by atoms with van der Waals surface area (Å²) < 4.78 is 16.2. The maximum absolute atomic E-state index is 9.78. The number of hydrogen-bond donors (Lipinski definition) is 2. The molecule has 1 aliphatic rings. The van der Waals surface area contributed by atoms with Gasteiger partial charge >= 0.3 is 0 Å². The molecule has 4 rings (SSSR count). The summed E-state index contributed by atoms with van der Waals surface area (Å²) in [6.07, 6.45) is 3.32. The van der Waals surface area contributed by atoms with Crippen LogP contribution in [0.2, 0.25) is 0 Å². The Morgan fingerprint density at radius 3 is 2.47 bits per heavy atom. The quantitative estimate of drug-likeness (QED) is 0.634. The minimum absolute atomic E-state index is 0.260. The molecule has 2 heterocycles. The number of rotatable bonds is 6. The largest absolute Gasteiger partial charge is 0.508 e. The van der Waals surface area contributed by atoms with Crippen LogP contribution in [0.5, 0.6) is 23.0 Å². The van der Waals surface area contributed by atoms with E-state index in [0.717, 1.165) is 30.6 Å². The van der Waals surface area contributed by atoms with Gasteiger partial charge in [-0.05, 0) is 36.6 Å². The van der Waals surface area contributed by atoms with Crippen LogP contribution in [0, 0.1) is 0 Å². The summed E-state index contributed by atoms with van der Waals surface area (Å²) in [6, 6.07) is 8.92. The van der Waals surface area contributed by atoms with Crippen molar-refractivity contribution in [2.24, 2.45) is 0 Å². The second-order valence-corrected chi connectivity index (χ2v) is 6.72. The number of nitrogens with zero attached hydrogens (tertiary/aromatic N) is 4. The van der Waals surface area contributed by atoms with Gasteiger partial charge in [0, 0.05) is 30.1 Å². The van der Waals surface area contributed by atoms with Crippen molar-refractivity contribution >= 4 is 23.3 Å². The highest BCUT2D eigenvalue weighted by Gasteiger charge is 2.21. The molecule has 2 N–H and O–H groups in total. The van der Waals surface area contributed by atoms with Gasteiger partial charge in [0.25, 0.3) is 0 Å². The number of anilines is 4. The van der Waals surface area contributed by atoms with E-state index in [1.165, 1.54) is 6.33 Å². The Labute approximate surface area is 174 Å². The lowest BCUT2D eigenvalue weighted by atomic mass is 10.0. The first-order valence-corrected chi connectivity index (χ1v) is 9.48. The highest BCUT2D eigenvalue weighted by atomic mass is 16.5. The van der Waals surface area contributed by atoms with E-state index in [-0.39, 0.29) is 5.75 Å². The number of phenolic OH excluding ortho intramolecular Hbond substituents is 1. The standard InChI is InChI=1S/C21H23N5O4/c1-28-17-10-14(11-18(29-2)19(17)30-3)24-20-22-12-23-21(25-20)26-8-4-5-13-9-15(27)6-7-16(13)26/h6-7,9-12,27H,4-5,8H2,1-3H3,(H,22,23,24,25). The maximum Gasteiger partial charge on any atom is 0.234 e. The van der Waals surface area contributed by atoms with Crippen LogP contribution in [0.15, 0.2) is 36.7 Å². The number of aromatic hydroxyl groups is 1. The van der Waals surface area contributed by atoms with Gasteiger partial charge in [-0.3, -0.25) is 0 Å². The smallest absolute Gasteiger partial charge is 0.234 e. The van der Waals surface area contributed by atoms with Crippen LogP contribution in [0.1, 0.15) is 12.0 Å². The molecule has 2 aromatic carbocycles. The predicted molar refractivity (Wildman–Crippen MR) is 113 cm³/mol. The highest BCUT2D eigenvalue weighted by molar-refractivity contribution is 5.68. The van der Waals surface area contributed by atoms with Crippen molar-refractivity contribution in [1.29, 1.82) is 0 Å².